The first kappa shape index (κ1) is 11.0. The molecule has 0 saturated heterocycles. The van der Waals surface area contributed by atoms with E-state index in [1.54, 1.807) is 0 Å². The maximum absolute atomic E-state index is 13.8. The first-order chi connectivity index (χ1) is 8.09. The Morgan fingerprint density at radius 1 is 1.29 bits per heavy atom. The summed E-state index contributed by atoms with van der Waals surface area (Å²) >= 11 is 0. The van der Waals surface area contributed by atoms with Gasteiger partial charge in [0.15, 0.2) is 0 Å². The van der Waals surface area contributed by atoms with E-state index < -0.39 is 17.2 Å². The first-order valence-electron chi connectivity index (χ1n) is 5.94. The number of ether oxygens (including phenoxy) is 1. The third-order valence-electron chi connectivity index (χ3n) is 3.53. The van der Waals surface area contributed by atoms with E-state index in [1.165, 1.54) is 0 Å². The summed E-state index contributed by atoms with van der Waals surface area (Å²) in [5.41, 5.74) is -0.00855. The molecule has 1 aliphatic carbocycles. The fourth-order valence-corrected chi connectivity index (χ4v) is 2.33. The van der Waals surface area contributed by atoms with Crippen molar-refractivity contribution < 1.29 is 18.6 Å². The minimum atomic E-state index is -0.798. The second kappa shape index (κ2) is 3.67. The van der Waals surface area contributed by atoms with Crippen molar-refractivity contribution in [3.8, 4) is 5.75 Å². The molecule has 0 amide bonds. The van der Waals surface area contributed by atoms with Gasteiger partial charge < -0.3 is 9.84 Å². The lowest BCUT2D eigenvalue weighted by Gasteiger charge is -2.22. The minimum absolute atomic E-state index is 0.224. The normalized spacial score (nSPS) is 20.6. The van der Waals surface area contributed by atoms with Gasteiger partial charge in [-0.15, -0.1) is 0 Å². The molecule has 2 nitrogen and oxygen atoms in total. The van der Waals surface area contributed by atoms with Crippen LogP contribution in [0.2, 0.25) is 0 Å². The summed E-state index contributed by atoms with van der Waals surface area (Å²) in [6, 6.07) is 0.911. The number of rotatable bonds is 2. The van der Waals surface area contributed by atoms with Crippen LogP contribution in [-0.2, 0) is 12.8 Å². The molecule has 1 aromatic carbocycles. The van der Waals surface area contributed by atoms with E-state index in [0.29, 0.717) is 42.7 Å². The van der Waals surface area contributed by atoms with E-state index in [0.717, 1.165) is 12.5 Å². The van der Waals surface area contributed by atoms with Gasteiger partial charge in [-0.1, -0.05) is 0 Å². The van der Waals surface area contributed by atoms with Crippen LogP contribution in [0, 0.1) is 11.6 Å². The van der Waals surface area contributed by atoms with Crippen LogP contribution in [-0.4, -0.2) is 17.3 Å². The van der Waals surface area contributed by atoms with Crippen molar-refractivity contribution in [2.24, 2.45) is 0 Å². The molecule has 2 aliphatic rings. The summed E-state index contributed by atoms with van der Waals surface area (Å²) in [5.74, 6) is -0.818. The average molecular weight is 240 g/mol. The van der Waals surface area contributed by atoms with E-state index in [-0.39, 0.29) is 6.42 Å². The number of hydrogen-bond acceptors (Lipinski definition) is 2. The largest absolute Gasteiger partial charge is 0.493 e. The third kappa shape index (κ3) is 1.90. The van der Waals surface area contributed by atoms with E-state index in [1.807, 2.05) is 0 Å². The van der Waals surface area contributed by atoms with Gasteiger partial charge in [-0.3, -0.25) is 0 Å². The van der Waals surface area contributed by atoms with Gasteiger partial charge in [0.25, 0.3) is 0 Å². The summed E-state index contributed by atoms with van der Waals surface area (Å²) in [4.78, 5) is 0. The second-order valence-electron chi connectivity index (χ2n) is 4.98. The number of halogens is 2. The number of benzene rings is 1. The van der Waals surface area contributed by atoms with Gasteiger partial charge in [0, 0.05) is 23.6 Å². The van der Waals surface area contributed by atoms with Crippen molar-refractivity contribution in [1.82, 2.24) is 0 Å². The Kier molecular flexibility index (Phi) is 2.36. The maximum Gasteiger partial charge on any atom is 0.133 e. The van der Waals surface area contributed by atoms with Crippen molar-refractivity contribution in [1.29, 1.82) is 0 Å². The molecule has 4 heteroatoms. The van der Waals surface area contributed by atoms with E-state index in [9.17, 15) is 13.9 Å². The van der Waals surface area contributed by atoms with Gasteiger partial charge in [0.05, 0.1) is 12.2 Å². The van der Waals surface area contributed by atoms with E-state index in [4.69, 9.17) is 4.74 Å². The van der Waals surface area contributed by atoms with Crippen molar-refractivity contribution in [2.75, 3.05) is 6.61 Å². The van der Waals surface area contributed by atoms with E-state index >= 15 is 0 Å². The zero-order chi connectivity index (χ0) is 12.0. The highest BCUT2D eigenvalue weighted by atomic mass is 19.1. The zero-order valence-electron chi connectivity index (χ0n) is 9.43. The van der Waals surface area contributed by atoms with Crippen molar-refractivity contribution in [3.05, 3.63) is 28.8 Å². The Morgan fingerprint density at radius 3 is 2.76 bits per heavy atom. The topological polar surface area (TPSA) is 29.5 Å². The average Bonchev–Trinajstić information content (AvgIpc) is 3.03. The zero-order valence-corrected chi connectivity index (χ0v) is 9.43. The van der Waals surface area contributed by atoms with Gasteiger partial charge in [-0.25, -0.2) is 8.78 Å². The number of fused-ring (bicyclic) bond motifs is 1. The van der Waals surface area contributed by atoms with Gasteiger partial charge in [0.1, 0.15) is 17.4 Å². The summed E-state index contributed by atoms with van der Waals surface area (Å²) < 4.78 is 32.7. The highest BCUT2D eigenvalue weighted by Crippen LogP contribution is 2.43. The van der Waals surface area contributed by atoms with Crippen LogP contribution in [0.3, 0.4) is 0 Å². The second-order valence-corrected chi connectivity index (χ2v) is 4.98. The fraction of sp³-hybridized carbons (Fsp3) is 0.538. The SMILES string of the molecule is OC1(Cc2c(F)cc(F)c3c2OCCC3)CC1. The molecule has 0 bridgehead atoms. The van der Waals surface area contributed by atoms with Crippen LogP contribution in [0.5, 0.6) is 5.75 Å². The van der Waals surface area contributed by atoms with Crippen molar-refractivity contribution in [3.63, 3.8) is 0 Å². The molecule has 92 valence electrons. The van der Waals surface area contributed by atoms with Gasteiger partial charge in [-0.2, -0.15) is 0 Å². The Balaban J connectivity index is 2.06. The molecular formula is C13H14F2O2. The molecule has 3 rings (SSSR count). The highest BCUT2D eigenvalue weighted by Gasteiger charge is 2.42. The van der Waals surface area contributed by atoms with Crippen LogP contribution >= 0.6 is 0 Å². The lowest BCUT2D eigenvalue weighted by Crippen LogP contribution is -2.18. The quantitative estimate of drug-likeness (QED) is 0.859. The van der Waals surface area contributed by atoms with Crippen LogP contribution < -0.4 is 4.74 Å². The molecule has 1 aromatic rings. The molecule has 0 radical (unpaired) electrons. The Labute approximate surface area is 98.2 Å². The molecule has 1 aliphatic heterocycles. The predicted molar refractivity (Wildman–Crippen MR) is 58.1 cm³/mol. The first-order valence-corrected chi connectivity index (χ1v) is 5.94. The molecular weight excluding hydrogens is 226 g/mol. The molecule has 1 heterocycles. The molecule has 17 heavy (non-hydrogen) atoms. The molecule has 0 unspecified atom stereocenters. The maximum atomic E-state index is 13.8. The monoisotopic (exact) mass is 240 g/mol. The number of aliphatic hydroxyl groups is 1. The van der Waals surface area contributed by atoms with Gasteiger partial charge >= 0.3 is 0 Å². The summed E-state index contributed by atoms with van der Waals surface area (Å²) in [5, 5.41) is 9.86. The Morgan fingerprint density at radius 2 is 2.06 bits per heavy atom. The van der Waals surface area contributed by atoms with Crippen molar-refractivity contribution >= 4 is 0 Å². The lowest BCUT2D eigenvalue weighted by atomic mass is 9.97. The molecule has 0 atom stereocenters. The number of hydrogen-bond donors (Lipinski definition) is 1. The van der Waals surface area contributed by atoms with Crippen LogP contribution in [0.1, 0.15) is 30.4 Å². The predicted octanol–water partition coefficient (Wildman–Crippen LogP) is 2.36. The summed E-state index contributed by atoms with van der Waals surface area (Å²) in [6.45, 7) is 0.487. The Bertz CT molecular complexity index is 467. The standard InChI is InChI=1S/C13H14F2O2/c14-10-6-11(15)9(7-13(16)3-4-13)12-8(10)2-1-5-17-12/h6,16H,1-5,7H2. The Hall–Kier alpha value is -1.16. The molecule has 0 spiro atoms. The van der Waals surface area contributed by atoms with Crippen LogP contribution in [0.25, 0.3) is 0 Å². The van der Waals surface area contributed by atoms with Crippen LogP contribution in [0.4, 0.5) is 8.78 Å². The fourth-order valence-electron chi connectivity index (χ4n) is 2.33. The summed E-state index contributed by atoms with van der Waals surface area (Å²) in [7, 11) is 0. The molecule has 1 fully saturated rings. The minimum Gasteiger partial charge on any atom is -0.493 e. The van der Waals surface area contributed by atoms with E-state index in [2.05, 4.69) is 0 Å². The molecule has 1 N–H and O–H groups in total. The van der Waals surface area contributed by atoms with Gasteiger partial charge in [-0.05, 0) is 25.7 Å². The third-order valence-corrected chi connectivity index (χ3v) is 3.53. The molecule has 0 aromatic heterocycles. The highest BCUT2D eigenvalue weighted by molar-refractivity contribution is 5.45. The van der Waals surface area contributed by atoms with Crippen molar-refractivity contribution in [2.45, 2.75) is 37.7 Å². The van der Waals surface area contributed by atoms with Crippen LogP contribution in [0.15, 0.2) is 6.07 Å². The smallest absolute Gasteiger partial charge is 0.133 e. The molecule has 1 saturated carbocycles. The van der Waals surface area contributed by atoms with Gasteiger partial charge in [0.2, 0.25) is 0 Å². The summed E-state index contributed by atoms with van der Waals surface area (Å²) in [6.07, 6.45) is 2.91. The lowest BCUT2D eigenvalue weighted by molar-refractivity contribution is 0.147.